The maximum absolute atomic E-state index is 12.3. The third kappa shape index (κ3) is 6.84. The molecule has 2 aromatic rings. The van der Waals surface area contributed by atoms with E-state index >= 15 is 0 Å². The summed E-state index contributed by atoms with van der Waals surface area (Å²) >= 11 is 0. The van der Waals surface area contributed by atoms with Gasteiger partial charge in [0.25, 0.3) is 0 Å². The third-order valence-corrected chi connectivity index (χ3v) is 6.03. The molecule has 0 saturated carbocycles. The van der Waals surface area contributed by atoms with Crippen molar-refractivity contribution in [1.29, 1.82) is 0 Å². The zero-order chi connectivity index (χ0) is 22.5. The first-order chi connectivity index (χ1) is 13.9. The second kappa shape index (κ2) is 9.61. The van der Waals surface area contributed by atoms with Crippen LogP contribution in [0.5, 0.6) is 0 Å². The number of nitrogens with one attached hydrogen (secondary N) is 1. The van der Waals surface area contributed by atoms with Gasteiger partial charge in [0, 0.05) is 26.6 Å². The summed E-state index contributed by atoms with van der Waals surface area (Å²) in [6.07, 6.45) is 1.17. The first-order valence-electron chi connectivity index (χ1n) is 10.0. The Kier molecular flexibility index (Phi) is 7.65. The molecule has 0 spiro atoms. The minimum atomic E-state index is -1.20. The van der Waals surface area contributed by atoms with Crippen molar-refractivity contribution in [2.45, 2.75) is 65.3 Å². The van der Waals surface area contributed by atoms with Crippen molar-refractivity contribution < 1.29 is 23.8 Å². The SMILES string of the molecule is COC(=O)c1ccc(CNC(=O)OC(C)(C)C)c2cnn(COCC[Si](C)(C)C)c12. The molecule has 1 aromatic carbocycles. The van der Waals surface area contributed by atoms with Gasteiger partial charge in [-0.3, -0.25) is 0 Å². The molecule has 166 valence electrons. The Morgan fingerprint density at radius 1 is 1.20 bits per heavy atom. The molecule has 0 fully saturated rings. The molecule has 1 aromatic heterocycles. The number of ether oxygens (including phenoxy) is 3. The van der Waals surface area contributed by atoms with E-state index in [1.54, 1.807) is 23.0 Å². The van der Waals surface area contributed by atoms with Crippen LogP contribution in [-0.4, -0.2) is 49.2 Å². The average Bonchev–Trinajstić information content (AvgIpc) is 3.05. The molecular weight excluding hydrogens is 402 g/mol. The summed E-state index contributed by atoms with van der Waals surface area (Å²) in [4.78, 5) is 24.3. The number of fused-ring (bicyclic) bond motifs is 1. The Morgan fingerprint density at radius 3 is 2.50 bits per heavy atom. The minimum absolute atomic E-state index is 0.237. The highest BCUT2D eigenvalue weighted by Gasteiger charge is 2.20. The Hall–Kier alpha value is -2.39. The fraction of sp³-hybridized carbons (Fsp3) is 0.571. The maximum atomic E-state index is 12.3. The van der Waals surface area contributed by atoms with E-state index in [4.69, 9.17) is 14.2 Å². The van der Waals surface area contributed by atoms with E-state index in [9.17, 15) is 9.59 Å². The van der Waals surface area contributed by atoms with Gasteiger partial charge in [-0.05, 0) is 38.4 Å². The van der Waals surface area contributed by atoms with Crippen molar-refractivity contribution in [3.05, 3.63) is 29.5 Å². The number of carbonyl (C=O) groups excluding carboxylic acids is 2. The number of amides is 1. The molecule has 1 amide bonds. The zero-order valence-electron chi connectivity index (χ0n) is 19.0. The van der Waals surface area contributed by atoms with E-state index in [0.717, 1.165) is 17.0 Å². The van der Waals surface area contributed by atoms with Gasteiger partial charge < -0.3 is 19.5 Å². The highest BCUT2D eigenvalue weighted by atomic mass is 28.3. The van der Waals surface area contributed by atoms with E-state index in [0.29, 0.717) is 17.7 Å². The minimum Gasteiger partial charge on any atom is -0.465 e. The lowest BCUT2D eigenvalue weighted by Gasteiger charge is -2.19. The van der Waals surface area contributed by atoms with Crippen molar-refractivity contribution in [1.82, 2.24) is 15.1 Å². The third-order valence-electron chi connectivity index (χ3n) is 4.33. The predicted octanol–water partition coefficient (Wildman–Crippen LogP) is 4.16. The molecule has 0 aliphatic carbocycles. The molecule has 1 N–H and O–H groups in total. The van der Waals surface area contributed by atoms with Gasteiger partial charge in [0.15, 0.2) is 0 Å². The van der Waals surface area contributed by atoms with E-state index < -0.39 is 25.7 Å². The van der Waals surface area contributed by atoms with Crippen LogP contribution in [0.2, 0.25) is 25.7 Å². The van der Waals surface area contributed by atoms with Crippen LogP contribution in [0.4, 0.5) is 4.79 Å². The van der Waals surface area contributed by atoms with E-state index in [2.05, 4.69) is 30.1 Å². The van der Waals surface area contributed by atoms with Crippen molar-refractivity contribution in [3.8, 4) is 0 Å². The normalized spacial score (nSPS) is 12.1. The number of aromatic nitrogens is 2. The molecule has 0 atom stereocenters. The molecule has 30 heavy (non-hydrogen) atoms. The summed E-state index contributed by atoms with van der Waals surface area (Å²) < 4.78 is 17.7. The molecule has 0 bridgehead atoms. The Balaban J connectivity index is 2.24. The van der Waals surface area contributed by atoms with E-state index in [1.807, 2.05) is 20.8 Å². The molecule has 0 radical (unpaired) electrons. The summed E-state index contributed by atoms with van der Waals surface area (Å²) in [7, 11) is 0.148. The number of benzene rings is 1. The molecule has 0 aliphatic rings. The van der Waals surface area contributed by atoms with Crippen LogP contribution in [0.1, 0.15) is 36.7 Å². The molecular formula is C21H33N3O5Si. The number of carbonyl (C=O) groups is 2. The van der Waals surface area contributed by atoms with Gasteiger partial charge in [-0.15, -0.1) is 0 Å². The number of hydrogen-bond acceptors (Lipinski definition) is 6. The lowest BCUT2D eigenvalue weighted by Crippen LogP contribution is -2.32. The summed E-state index contributed by atoms with van der Waals surface area (Å²) in [5.74, 6) is -0.449. The second-order valence-corrected chi connectivity index (χ2v) is 15.0. The van der Waals surface area contributed by atoms with Gasteiger partial charge in [0.05, 0.1) is 24.4 Å². The van der Waals surface area contributed by atoms with Crippen molar-refractivity contribution in [2.75, 3.05) is 13.7 Å². The van der Waals surface area contributed by atoms with Crippen LogP contribution in [0.15, 0.2) is 18.3 Å². The number of methoxy groups -OCH3 is 1. The first kappa shape index (κ1) is 23.9. The smallest absolute Gasteiger partial charge is 0.407 e. The molecule has 9 heteroatoms. The van der Waals surface area contributed by atoms with Gasteiger partial charge >= 0.3 is 12.1 Å². The van der Waals surface area contributed by atoms with Gasteiger partial charge in [0.2, 0.25) is 0 Å². The molecule has 2 rings (SSSR count). The van der Waals surface area contributed by atoms with Crippen LogP contribution < -0.4 is 5.32 Å². The monoisotopic (exact) mass is 435 g/mol. The number of rotatable bonds is 8. The first-order valence-corrected chi connectivity index (χ1v) is 13.7. The highest BCUT2D eigenvalue weighted by molar-refractivity contribution is 6.76. The molecule has 0 unspecified atom stereocenters. The summed E-state index contributed by atoms with van der Waals surface area (Å²) in [6.45, 7) is 13.4. The number of hydrogen-bond donors (Lipinski definition) is 1. The van der Waals surface area contributed by atoms with E-state index in [-0.39, 0.29) is 13.3 Å². The Morgan fingerprint density at radius 2 is 1.90 bits per heavy atom. The predicted molar refractivity (Wildman–Crippen MR) is 118 cm³/mol. The number of alkyl carbamates (subject to hydrolysis) is 1. The number of nitrogens with zero attached hydrogens (tertiary/aromatic N) is 2. The van der Waals surface area contributed by atoms with Crippen LogP contribution >= 0.6 is 0 Å². The molecule has 1 heterocycles. The fourth-order valence-corrected chi connectivity index (χ4v) is 3.55. The van der Waals surface area contributed by atoms with Gasteiger partial charge in [0.1, 0.15) is 12.3 Å². The van der Waals surface area contributed by atoms with Crippen LogP contribution in [0.3, 0.4) is 0 Å². The summed E-state index contributed by atoms with van der Waals surface area (Å²) in [5, 5.41) is 7.91. The lowest BCUT2D eigenvalue weighted by molar-refractivity contribution is 0.0522. The summed E-state index contributed by atoms with van der Waals surface area (Å²) in [5.41, 5.74) is 1.27. The Labute approximate surface area is 178 Å². The van der Waals surface area contributed by atoms with Gasteiger partial charge in [-0.1, -0.05) is 25.7 Å². The summed E-state index contributed by atoms with van der Waals surface area (Å²) in [6, 6.07) is 4.51. The van der Waals surface area contributed by atoms with E-state index in [1.165, 1.54) is 7.11 Å². The standard InChI is InChI=1S/C21H33N3O5Si/c1-21(2,3)29-20(26)22-12-15-8-9-16(19(25)27-4)18-17(15)13-23-24(18)14-28-10-11-30(5,6)7/h8-9,13H,10-12,14H2,1-7H3,(H,22,26). The lowest BCUT2D eigenvalue weighted by atomic mass is 10.1. The van der Waals surface area contributed by atoms with Crippen LogP contribution in [0.25, 0.3) is 10.9 Å². The molecule has 8 nitrogen and oxygen atoms in total. The van der Waals surface area contributed by atoms with Gasteiger partial charge in [-0.25, -0.2) is 14.3 Å². The fourth-order valence-electron chi connectivity index (χ4n) is 2.79. The topological polar surface area (TPSA) is 91.7 Å². The zero-order valence-corrected chi connectivity index (χ0v) is 20.0. The van der Waals surface area contributed by atoms with Crippen LogP contribution in [0, 0.1) is 0 Å². The second-order valence-electron chi connectivity index (χ2n) is 9.37. The quantitative estimate of drug-likeness (QED) is 0.380. The van der Waals surface area contributed by atoms with Crippen molar-refractivity contribution in [2.24, 2.45) is 0 Å². The Bertz CT molecular complexity index is 896. The van der Waals surface area contributed by atoms with Crippen LogP contribution in [-0.2, 0) is 27.5 Å². The average molecular weight is 436 g/mol. The van der Waals surface area contributed by atoms with Crippen molar-refractivity contribution >= 4 is 31.0 Å². The number of esters is 1. The molecule has 0 saturated heterocycles. The van der Waals surface area contributed by atoms with Crippen molar-refractivity contribution in [3.63, 3.8) is 0 Å². The highest BCUT2D eigenvalue weighted by Crippen LogP contribution is 2.24. The maximum Gasteiger partial charge on any atom is 0.407 e. The molecule has 0 aliphatic heterocycles. The van der Waals surface area contributed by atoms with Gasteiger partial charge in [-0.2, -0.15) is 5.10 Å². The largest absolute Gasteiger partial charge is 0.465 e.